The number of hydrogen-bond donors (Lipinski definition) is 1. The molecule has 0 saturated heterocycles. The van der Waals surface area contributed by atoms with E-state index >= 15 is 0 Å². The molecule has 1 aliphatic carbocycles. The predicted octanol–water partition coefficient (Wildman–Crippen LogP) is 2.93. The van der Waals surface area contributed by atoms with Crippen molar-refractivity contribution >= 4 is 11.2 Å². The van der Waals surface area contributed by atoms with Gasteiger partial charge in [0.15, 0.2) is 5.65 Å². The molecule has 0 spiro atoms. The highest BCUT2D eigenvalue weighted by molar-refractivity contribution is 5.78. The Hall–Kier alpha value is -2.20. The molecule has 0 amide bonds. The molecule has 0 aliphatic heterocycles. The fourth-order valence-electron chi connectivity index (χ4n) is 2.91. The van der Waals surface area contributed by atoms with Crippen LogP contribution >= 0.6 is 0 Å². The van der Waals surface area contributed by atoms with Crippen LogP contribution < -0.4 is 5.73 Å². The Labute approximate surface area is 123 Å². The molecule has 1 aromatic carbocycles. The summed E-state index contributed by atoms with van der Waals surface area (Å²) in [5, 5.41) is 0. The van der Waals surface area contributed by atoms with Crippen molar-refractivity contribution in [3.63, 3.8) is 0 Å². The Kier molecular flexibility index (Phi) is 2.97. The number of benzene rings is 1. The average molecular weight is 278 g/mol. The number of aromatic nitrogens is 3. The topological polar surface area (TPSA) is 56.7 Å². The van der Waals surface area contributed by atoms with Crippen molar-refractivity contribution in [2.75, 3.05) is 6.54 Å². The highest BCUT2D eigenvalue weighted by atomic mass is 15.2. The summed E-state index contributed by atoms with van der Waals surface area (Å²) in [6, 6.07) is 13.0. The quantitative estimate of drug-likeness (QED) is 0.798. The highest BCUT2D eigenvalue weighted by Crippen LogP contribution is 2.41. The van der Waals surface area contributed by atoms with Crippen LogP contribution in [-0.2, 0) is 6.42 Å². The first-order valence-electron chi connectivity index (χ1n) is 7.50. The SMILES string of the molecule is NCCc1ccccc1-c1nc2cccnc2n1C1CC1. The van der Waals surface area contributed by atoms with Gasteiger partial charge in [0, 0.05) is 17.8 Å². The number of rotatable bonds is 4. The molecule has 1 aliphatic rings. The lowest BCUT2D eigenvalue weighted by molar-refractivity contribution is 0.765. The Balaban J connectivity index is 1.96. The normalized spacial score (nSPS) is 14.7. The number of imidazole rings is 1. The Morgan fingerprint density at radius 3 is 2.81 bits per heavy atom. The summed E-state index contributed by atoms with van der Waals surface area (Å²) in [5.74, 6) is 1.04. The van der Waals surface area contributed by atoms with E-state index in [4.69, 9.17) is 10.7 Å². The van der Waals surface area contributed by atoms with Crippen LogP contribution in [0.1, 0.15) is 24.4 Å². The molecular formula is C17H18N4. The third-order valence-electron chi connectivity index (χ3n) is 4.03. The number of hydrogen-bond acceptors (Lipinski definition) is 3. The Bertz CT molecular complexity index is 786. The zero-order chi connectivity index (χ0) is 14.2. The summed E-state index contributed by atoms with van der Waals surface area (Å²) in [6.07, 6.45) is 5.15. The van der Waals surface area contributed by atoms with Crippen LogP contribution in [-0.4, -0.2) is 21.1 Å². The van der Waals surface area contributed by atoms with E-state index in [1.54, 1.807) is 0 Å². The van der Waals surface area contributed by atoms with E-state index < -0.39 is 0 Å². The van der Waals surface area contributed by atoms with Gasteiger partial charge in [-0.05, 0) is 43.5 Å². The monoisotopic (exact) mass is 278 g/mol. The van der Waals surface area contributed by atoms with Crippen molar-refractivity contribution in [3.8, 4) is 11.4 Å². The maximum Gasteiger partial charge on any atom is 0.160 e. The third-order valence-corrected chi connectivity index (χ3v) is 4.03. The predicted molar refractivity (Wildman–Crippen MR) is 84.0 cm³/mol. The standard InChI is InChI=1S/C17H18N4/c18-10-9-12-4-1-2-5-14(12)16-20-15-6-3-11-19-17(15)21(16)13-7-8-13/h1-6,11,13H,7-10,18H2. The molecule has 0 bridgehead atoms. The minimum atomic E-state index is 0.547. The van der Waals surface area contributed by atoms with Crippen LogP contribution in [0, 0.1) is 0 Å². The van der Waals surface area contributed by atoms with Gasteiger partial charge in [0.2, 0.25) is 0 Å². The van der Waals surface area contributed by atoms with Gasteiger partial charge in [0.05, 0.1) is 0 Å². The molecule has 1 saturated carbocycles. The van der Waals surface area contributed by atoms with Gasteiger partial charge in [-0.2, -0.15) is 0 Å². The first-order valence-corrected chi connectivity index (χ1v) is 7.50. The fourth-order valence-corrected chi connectivity index (χ4v) is 2.91. The summed E-state index contributed by atoms with van der Waals surface area (Å²) in [5.41, 5.74) is 10.2. The molecule has 2 N–H and O–H groups in total. The van der Waals surface area contributed by atoms with Gasteiger partial charge in [0.25, 0.3) is 0 Å². The van der Waals surface area contributed by atoms with E-state index in [0.717, 1.165) is 23.4 Å². The van der Waals surface area contributed by atoms with E-state index in [9.17, 15) is 0 Å². The molecular weight excluding hydrogens is 260 g/mol. The molecule has 4 heteroatoms. The molecule has 21 heavy (non-hydrogen) atoms. The fraction of sp³-hybridized carbons (Fsp3) is 0.294. The molecule has 2 heterocycles. The number of nitrogens with two attached hydrogens (primary N) is 1. The van der Waals surface area contributed by atoms with Crippen molar-refractivity contribution in [2.45, 2.75) is 25.3 Å². The van der Waals surface area contributed by atoms with Crippen LogP contribution in [0.4, 0.5) is 0 Å². The van der Waals surface area contributed by atoms with E-state index in [0.29, 0.717) is 12.6 Å². The number of nitrogens with zero attached hydrogens (tertiary/aromatic N) is 3. The van der Waals surface area contributed by atoms with E-state index in [1.165, 1.54) is 24.0 Å². The number of pyridine rings is 1. The molecule has 0 unspecified atom stereocenters. The Morgan fingerprint density at radius 1 is 1.14 bits per heavy atom. The second-order valence-electron chi connectivity index (χ2n) is 5.58. The van der Waals surface area contributed by atoms with Gasteiger partial charge in [-0.25, -0.2) is 9.97 Å². The zero-order valence-electron chi connectivity index (χ0n) is 11.9. The second kappa shape index (κ2) is 4.97. The van der Waals surface area contributed by atoms with Crippen molar-refractivity contribution in [1.82, 2.24) is 14.5 Å². The van der Waals surface area contributed by atoms with Gasteiger partial charge < -0.3 is 10.3 Å². The largest absolute Gasteiger partial charge is 0.330 e. The average Bonchev–Trinajstić information content (AvgIpc) is 3.28. The van der Waals surface area contributed by atoms with Crippen LogP contribution in [0.25, 0.3) is 22.6 Å². The summed E-state index contributed by atoms with van der Waals surface area (Å²) >= 11 is 0. The first-order chi connectivity index (χ1) is 10.4. The highest BCUT2D eigenvalue weighted by Gasteiger charge is 2.29. The molecule has 0 radical (unpaired) electrons. The lowest BCUT2D eigenvalue weighted by Gasteiger charge is -2.11. The smallest absolute Gasteiger partial charge is 0.160 e. The molecule has 1 fully saturated rings. The van der Waals surface area contributed by atoms with Crippen LogP contribution in [0.5, 0.6) is 0 Å². The van der Waals surface area contributed by atoms with Gasteiger partial charge in [-0.1, -0.05) is 24.3 Å². The summed E-state index contributed by atoms with van der Waals surface area (Å²) in [7, 11) is 0. The van der Waals surface area contributed by atoms with Crippen molar-refractivity contribution in [3.05, 3.63) is 48.2 Å². The molecule has 4 rings (SSSR count). The third kappa shape index (κ3) is 2.12. The van der Waals surface area contributed by atoms with E-state index in [-0.39, 0.29) is 0 Å². The number of fused-ring (bicyclic) bond motifs is 1. The maximum atomic E-state index is 5.75. The van der Waals surface area contributed by atoms with E-state index in [1.807, 2.05) is 18.3 Å². The first kappa shape index (κ1) is 12.5. The minimum Gasteiger partial charge on any atom is -0.330 e. The van der Waals surface area contributed by atoms with Crippen LogP contribution in [0.3, 0.4) is 0 Å². The van der Waals surface area contributed by atoms with Gasteiger partial charge in [-0.15, -0.1) is 0 Å². The van der Waals surface area contributed by atoms with Gasteiger partial charge in [-0.3, -0.25) is 0 Å². The Morgan fingerprint density at radius 2 is 2.00 bits per heavy atom. The molecule has 106 valence electrons. The molecule has 3 aromatic rings. The van der Waals surface area contributed by atoms with Crippen molar-refractivity contribution in [1.29, 1.82) is 0 Å². The maximum absolute atomic E-state index is 5.75. The van der Waals surface area contributed by atoms with Gasteiger partial charge >= 0.3 is 0 Å². The lowest BCUT2D eigenvalue weighted by atomic mass is 10.0. The summed E-state index contributed by atoms with van der Waals surface area (Å²) < 4.78 is 2.31. The van der Waals surface area contributed by atoms with Crippen LogP contribution in [0.15, 0.2) is 42.6 Å². The minimum absolute atomic E-state index is 0.547. The second-order valence-corrected chi connectivity index (χ2v) is 5.58. The van der Waals surface area contributed by atoms with E-state index in [2.05, 4.69) is 33.8 Å². The lowest BCUT2D eigenvalue weighted by Crippen LogP contribution is -2.06. The van der Waals surface area contributed by atoms with Crippen LogP contribution in [0.2, 0.25) is 0 Å². The van der Waals surface area contributed by atoms with Crippen molar-refractivity contribution in [2.24, 2.45) is 5.73 Å². The molecule has 4 nitrogen and oxygen atoms in total. The summed E-state index contributed by atoms with van der Waals surface area (Å²) in [4.78, 5) is 9.39. The zero-order valence-corrected chi connectivity index (χ0v) is 11.9. The van der Waals surface area contributed by atoms with Gasteiger partial charge in [0.1, 0.15) is 11.3 Å². The molecule has 0 atom stereocenters. The van der Waals surface area contributed by atoms with Crippen molar-refractivity contribution < 1.29 is 0 Å². The summed E-state index contributed by atoms with van der Waals surface area (Å²) in [6.45, 7) is 0.652. The molecule has 2 aromatic heterocycles.